The third-order valence-corrected chi connectivity index (χ3v) is 3.18. The van der Waals surface area contributed by atoms with Crippen LogP contribution in [0.2, 0.25) is 0 Å². The van der Waals surface area contributed by atoms with Gasteiger partial charge >= 0.3 is 5.97 Å². The van der Waals surface area contributed by atoms with Crippen LogP contribution in [-0.2, 0) is 9.59 Å². The number of hydrogen-bond acceptors (Lipinski definition) is 2. The standard InChI is InChI=1S/C15H28FNO3/c1-3-8-13(16)9-6-5-7-10-14(18)17(11-4-2)12-15(19)20/h13H,3-12H2,1-2H3,(H,19,20). The maximum absolute atomic E-state index is 13.2. The Hall–Kier alpha value is -1.13. The minimum atomic E-state index is -0.980. The van der Waals surface area contributed by atoms with Gasteiger partial charge < -0.3 is 10.0 Å². The van der Waals surface area contributed by atoms with Gasteiger partial charge in [-0.3, -0.25) is 9.59 Å². The number of carboxylic acids is 1. The van der Waals surface area contributed by atoms with E-state index < -0.39 is 12.1 Å². The van der Waals surface area contributed by atoms with Gasteiger partial charge in [0.1, 0.15) is 12.7 Å². The van der Waals surface area contributed by atoms with Crippen molar-refractivity contribution >= 4 is 11.9 Å². The molecule has 0 saturated carbocycles. The van der Waals surface area contributed by atoms with Crippen LogP contribution in [0.4, 0.5) is 4.39 Å². The number of rotatable bonds is 12. The second-order valence-electron chi connectivity index (χ2n) is 5.19. The Bertz CT molecular complexity index is 284. The second-order valence-corrected chi connectivity index (χ2v) is 5.19. The lowest BCUT2D eigenvalue weighted by Crippen LogP contribution is -2.36. The molecule has 0 heterocycles. The first kappa shape index (κ1) is 18.9. The Labute approximate surface area is 121 Å². The molecule has 0 aliphatic rings. The number of amides is 1. The Morgan fingerprint density at radius 2 is 1.80 bits per heavy atom. The Morgan fingerprint density at radius 1 is 1.10 bits per heavy atom. The summed E-state index contributed by atoms with van der Waals surface area (Å²) in [6, 6.07) is 0. The lowest BCUT2D eigenvalue weighted by molar-refractivity contribution is -0.144. The van der Waals surface area contributed by atoms with Crippen LogP contribution in [0.5, 0.6) is 0 Å². The summed E-state index contributed by atoms with van der Waals surface area (Å²) < 4.78 is 13.2. The van der Waals surface area contributed by atoms with Crippen LogP contribution >= 0.6 is 0 Å². The van der Waals surface area contributed by atoms with E-state index in [-0.39, 0.29) is 12.5 Å². The molecule has 1 N–H and O–H groups in total. The number of nitrogens with zero attached hydrogens (tertiary/aromatic N) is 1. The zero-order valence-electron chi connectivity index (χ0n) is 12.7. The average Bonchev–Trinajstić information content (AvgIpc) is 2.37. The van der Waals surface area contributed by atoms with E-state index >= 15 is 0 Å². The summed E-state index contributed by atoms with van der Waals surface area (Å²) in [6.45, 7) is 4.14. The minimum absolute atomic E-state index is 0.111. The predicted octanol–water partition coefficient (Wildman–Crippen LogP) is 3.40. The zero-order valence-corrected chi connectivity index (χ0v) is 12.7. The van der Waals surface area contributed by atoms with E-state index in [1.54, 1.807) is 0 Å². The highest BCUT2D eigenvalue weighted by molar-refractivity contribution is 5.81. The van der Waals surface area contributed by atoms with Crippen molar-refractivity contribution in [1.29, 1.82) is 0 Å². The summed E-state index contributed by atoms with van der Waals surface area (Å²) in [4.78, 5) is 23.9. The Morgan fingerprint density at radius 3 is 2.35 bits per heavy atom. The molecule has 0 spiro atoms. The number of hydrogen-bond donors (Lipinski definition) is 1. The summed E-state index contributed by atoms with van der Waals surface area (Å²) in [7, 11) is 0. The fraction of sp³-hybridized carbons (Fsp3) is 0.867. The van der Waals surface area contributed by atoms with Gasteiger partial charge in [-0.15, -0.1) is 0 Å². The third kappa shape index (κ3) is 9.75. The molecule has 20 heavy (non-hydrogen) atoms. The van der Waals surface area contributed by atoms with Crippen LogP contribution in [0, 0.1) is 0 Å². The highest BCUT2D eigenvalue weighted by atomic mass is 19.1. The zero-order chi connectivity index (χ0) is 15.4. The summed E-state index contributed by atoms with van der Waals surface area (Å²) in [5.41, 5.74) is 0. The maximum atomic E-state index is 13.2. The van der Waals surface area contributed by atoms with Crippen molar-refractivity contribution in [1.82, 2.24) is 4.90 Å². The van der Waals surface area contributed by atoms with Gasteiger partial charge in [0.2, 0.25) is 5.91 Å². The van der Waals surface area contributed by atoms with Gasteiger partial charge in [-0.25, -0.2) is 4.39 Å². The van der Waals surface area contributed by atoms with E-state index in [0.717, 1.165) is 25.7 Å². The summed E-state index contributed by atoms with van der Waals surface area (Å²) >= 11 is 0. The van der Waals surface area contributed by atoms with Crippen molar-refractivity contribution in [2.24, 2.45) is 0 Å². The van der Waals surface area contributed by atoms with Crippen molar-refractivity contribution in [2.75, 3.05) is 13.1 Å². The number of carboxylic acid groups (broad SMARTS) is 1. The SMILES string of the molecule is CCCC(F)CCCCCC(=O)N(CCC)CC(=O)O. The van der Waals surface area contributed by atoms with E-state index in [2.05, 4.69) is 0 Å². The molecule has 1 amide bonds. The molecule has 5 heteroatoms. The lowest BCUT2D eigenvalue weighted by Gasteiger charge is -2.19. The van der Waals surface area contributed by atoms with Gasteiger partial charge in [0, 0.05) is 13.0 Å². The van der Waals surface area contributed by atoms with E-state index in [9.17, 15) is 14.0 Å². The highest BCUT2D eigenvalue weighted by Gasteiger charge is 2.15. The first-order valence-corrected chi connectivity index (χ1v) is 7.64. The first-order chi connectivity index (χ1) is 9.51. The van der Waals surface area contributed by atoms with Gasteiger partial charge in [-0.05, 0) is 25.7 Å². The van der Waals surface area contributed by atoms with Crippen molar-refractivity contribution in [2.45, 2.75) is 71.4 Å². The molecule has 0 aromatic heterocycles. The number of aliphatic carboxylic acids is 1. The molecule has 0 aromatic rings. The average molecular weight is 289 g/mol. The van der Waals surface area contributed by atoms with Crippen LogP contribution in [0.3, 0.4) is 0 Å². The van der Waals surface area contributed by atoms with Gasteiger partial charge in [-0.2, -0.15) is 0 Å². The Balaban J connectivity index is 3.81. The molecule has 0 aromatic carbocycles. The summed E-state index contributed by atoms with van der Waals surface area (Å²) in [5.74, 6) is -1.09. The summed E-state index contributed by atoms with van der Waals surface area (Å²) in [5, 5.41) is 8.75. The molecule has 4 nitrogen and oxygen atoms in total. The van der Waals surface area contributed by atoms with E-state index in [4.69, 9.17) is 5.11 Å². The lowest BCUT2D eigenvalue weighted by atomic mass is 10.1. The number of carbonyl (C=O) groups excluding carboxylic acids is 1. The number of alkyl halides is 1. The normalized spacial score (nSPS) is 12.2. The van der Waals surface area contributed by atoms with E-state index in [1.807, 2.05) is 13.8 Å². The van der Waals surface area contributed by atoms with Gasteiger partial charge in [-0.1, -0.05) is 33.1 Å². The van der Waals surface area contributed by atoms with Crippen molar-refractivity contribution in [3.05, 3.63) is 0 Å². The van der Waals surface area contributed by atoms with E-state index in [1.165, 1.54) is 4.90 Å². The molecule has 118 valence electrons. The van der Waals surface area contributed by atoms with Crippen molar-refractivity contribution in [3.63, 3.8) is 0 Å². The smallest absolute Gasteiger partial charge is 0.323 e. The molecule has 0 aliphatic heterocycles. The molecule has 0 aliphatic carbocycles. The van der Waals surface area contributed by atoms with Crippen LogP contribution in [0.1, 0.15) is 65.2 Å². The predicted molar refractivity (Wildman–Crippen MR) is 77.4 cm³/mol. The third-order valence-electron chi connectivity index (χ3n) is 3.18. The number of carbonyl (C=O) groups is 2. The molecular formula is C15H28FNO3. The highest BCUT2D eigenvalue weighted by Crippen LogP contribution is 2.13. The second kappa shape index (κ2) is 11.7. The molecule has 0 radical (unpaired) electrons. The van der Waals surface area contributed by atoms with Gasteiger partial charge in [0.25, 0.3) is 0 Å². The topological polar surface area (TPSA) is 57.6 Å². The minimum Gasteiger partial charge on any atom is -0.480 e. The number of halogens is 1. The molecule has 0 fully saturated rings. The largest absolute Gasteiger partial charge is 0.480 e. The molecule has 1 unspecified atom stereocenters. The van der Waals surface area contributed by atoms with E-state index in [0.29, 0.717) is 32.2 Å². The van der Waals surface area contributed by atoms with Crippen molar-refractivity contribution < 1.29 is 19.1 Å². The van der Waals surface area contributed by atoms with Gasteiger partial charge in [0.05, 0.1) is 0 Å². The first-order valence-electron chi connectivity index (χ1n) is 7.64. The maximum Gasteiger partial charge on any atom is 0.323 e. The number of unbranched alkanes of at least 4 members (excludes halogenated alkanes) is 2. The summed E-state index contributed by atoms with van der Waals surface area (Å²) in [6.07, 6.45) is 4.75. The molecule has 0 bridgehead atoms. The quantitative estimate of drug-likeness (QED) is 0.560. The molecule has 1 atom stereocenters. The molecular weight excluding hydrogens is 261 g/mol. The van der Waals surface area contributed by atoms with Crippen LogP contribution < -0.4 is 0 Å². The molecule has 0 rings (SSSR count). The Kier molecular flexibility index (Phi) is 11.0. The van der Waals surface area contributed by atoms with Crippen LogP contribution in [-0.4, -0.2) is 41.1 Å². The van der Waals surface area contributed by atoms with Gasteiger partial charge in [0.15, 0.2) is 0 Å². The monoisotopic (exact) mass is 289 g/mol. The fourth-order valence-electron chi connectivity index (χ4n) is 2.16. The molecule has 0 saturated heterocycles. The van der Waals surface area contributed by atoms with Crippen LogP contribution in [0.15, 0.2) is 0 Å². The van der Waals surface area contributed by atoms with Crippen LogP contribution in [0.25, 0.3) is 0 Å². The fourth-order valence-corrected chi connectivity index (χ4v) is 2.16. The van der Waals surface area contributed by atoms with Crippen molar-refractivity contribution in [3.8, 4) is 0 Å².